The molecule has 1 fully saturated rings. The highest BCUT2D eigenvalue weighted by atomic mass is 15.4. The number of rotatable bonds is 4. The zero-order valence-electron chi connectivity index (χ0n) is 12.2. The maximum absolute atomic E-state index is 4.25. The Hall–Kier alpha value is -0.900. The van der Waals surface area contributed by atoms with Gasteiger partial charge >= 0.3 is 0 Å². The molecule has 1 aliphatic rings. The third kappa shape index (κ3) is 3.55. The summed E-state index contributed by atoms with van der Waals surface area (Å²) in [6.45, 7) is 7.79. The van der Waals surface area contributed by atoms with Crippen molar-refractivity contribution in [1.82, 2.24) is 20.3 Å². The van der Waals surface area contributed by atoms with E-state index in [4.69, 9.17) is 0 Å². The average molecular weight is 250 g/mol. The van der Waals surface area contributed by atoms with Gasteiger partial charge in [-0.2, -0.15) is 0 Å². The SMILES string of the molecule is Cn1cc(CC2(CNC(C)(C)C)CCCC2)nn1. The van der Waals surface area contributed by atoms with Gasteiger partial charge in [-0.15, -0.1) is 5.10 Å². The topological polar surface area (TPSA) is 42.7 Å². The standard InChI is InChI=1S/C14H26N4/c1-13(2,3)15-11-14(7-5-6-8-14)9-12-10-18(4)17-16-12/h10,15H,5-9,11H2,1-4H3. The molecule has 0 aliphatic heterocycles. The lowest BCUT2D eigenvalue weighted by atomic mass is 9.81. The lowest BCUT2D eigenvalue weighted by Crippen LogP contribution is -2.44. The number of nitrogens with one attached hydrogen (secondary N) is 1. The summed E-state index contributed by atoms with van der Waals surface area (Å²) in [4.78, 5) is 0. The van der Waals surface area contributed by atoms with E-state index >= 15 is 0 Å². The van der Waals surface area contributed by atoms with Crippen molar-refractivity contribution in [3.63, 3.8) is 0 Å². The zero-order chi connectivity index (χ0) is 13.2. The smallest absolute Gasteiger partial charge is 0.0833 e. The summed E-state index contributed by atoms with van der Waals surface area (Å²) >= 11 is 0. The molecule has 102 valence electrons. The normalized spacial score (nSPS) is 19.3. The van der Waals surface area contributed by atoms with Crippen LogP contribution in [0.3, 0.4) is 0 Å². The Morgan fingerprint density at radius 3 is 2.50 bits per heavy atom. The second-order valence-electron chi connectivity index (χ2n) is 6.87. The Morgan fingerprint density at radius 2 is 2.00 bits per heavy atom. The first-order valence-corrected chi connectivity index (χ1v) is 6.99. The molecule has 0 bridgehead atoms. The third-order valence-electron chi connectivity index (χ3n) is 3.86. The van der Waals surface area contributed by atoms with Gasteiger partial charge in [0.15, 0.2) is 0 Å². The molecular weight excluding hydrogens is 224 g/mol. The van der Waals surface area contributed by atoms with Crippen LogP contribution >= 0.6 is 0 Å². The molecule has 0 unspecified atom stereocenters. The van der Waals surface area contributed by atoms with E-state index in [2.05, 4.69) is 42.6 Å². The largest absolute Gasteiger partial charge is 0.312 e. The molecule has 18 heavy (non-hydrogen) atoms. The molecule has 1 aliphatic carbocycles. The minimum absolute atomic E-state index is 0.192. The van der Waals surface area contributed by atoms with Crippen LogP contribution < -0.4 is 5.32 Å². The van der Waals surface area contributed by atoms with Gasteiger partial charge in [0.1, 0.15) is 0 Å². The molecule has 0 atom stereocenters. The molecular formula is C14H26N4. The second kappa shape index (κ2) is 5.00. The van der Waals surface area contributed by atoms with Crippen molar-refractivity contribution >= 4 is 0 Å². The fraction of sp³-hybridized carbons (Fsp3) is 0.857. The molecule has 1 heterocycles. The summed E-state index contributed by atoms with van der Waals surface area (Å²) in [6.07, 6.45) is 8.44. The zero-order valence-corrected chi connectivity index (χ0v) is 12.2. The van der Waals surface area contributed by atoms with Crippen molar-refractivity contribution in [2.24, 2.45) is 12.5 Å². The van der Waals surface area contributed by atoms with E-state index in [9.17, 15) is 0 Å². The van der Waals surface area contributed by atoms with Crippen molar-refractivity contribution in [1.29, 1.82) is 0 Å². The van der Waals surface area contributed by atoms with E-state index in [0.717, 1.165) is 18.7 Å². The number of hydrogen-bond donors (Lipinski definition) is 1. The Kier molecular flexibility index (Phi) is 3.76. The van der Waals surface area contributed by atoms with Crippen LogP contribution in [0.5, 0.6) is 0 Å². The van der Waals surface area contributed by atoms with Crippen LogP contribution in [0.15, 0.2) is 6.20 Å². The van der Waals surface area contributed by atoms with Crippen molar-refractivity contribution in [2.75, 3.05) is 6.54 Å². The van der Waals surface area contributed by atoms with Crippen LogP contribution in [0.4, 0.5) is 0 Å². The Balaban J connectivity index is 2.02. The molecule has 1 aromatic rings. The van der Waals surface area contributed by atoms with E-state index in [0.29, 0.717) is 5.41 Å². The molecule has 1 N–H and O–H groups in total. The van der Waals surface area contributed by atoms with Gasteiger partial charge in [0.2, 0.25) is 0 Å². The minimum atomic E-state index is 0.192. The molecule has 2 rings (SSSR count). The first kappa shape index (κ1) is 13.5. The highest BCUT2D eigenvalue weighted by Gasteiger charge is 2.35. The fourth-order valence-electron chi connectivity index (χ4n) is 2.85. The predicted octanol–water partition coefficient (Wildman–Crippen LogP) is 2.31. The molecule has 0 amide bonds. The van der Waals surface area contributed by atoms with Gasteiger partial charge in [-0.1, -0.05) is 18.1 Å². The van der Waals surface area contributed by atoms with E-state index in [1.165, 1.54) is 25.7 Å². The van der Waals surface area contributed by atoms with Gasteiger partial charge in [0.25, 0.3) is 0 Å². The summed E-state index contributed by atoms with van der Waals surface area (Å²) < 4.78 is 1.80. The Morgan fingerprint density at radius 1 is 1.33 bits per heavy atom. The molecule has 1 aromatic heterocycles. The Bertz CT molecular complexity index is 383. The van der Waals surface area contributed by atoms with E-state index in [1.54, 1.807) is 4.68 Å². The molecule has 1 saturated carbocycles. The van der Waals surface area contributed by atoms with Gasteiger partial charge < -0.3 is 5.32 Å². The van der Waals surface area contributed by atoms with Gasteiger partial charge in [-0.25, -0.2) is 0 Å². The maximum atomic E-state index is 4.25. The summed E-state index contributed by atoms with van der Waals surface area (Å²) in [5, 5.41) is 12.0. The van der Waals surface area contributed by atoms with E-state index in [-0.39, 0.29) is 5.54 Å². The second-order valence-corrected chi connectivity index (χ2v) is 6.87. The third-order valence-corrected chi connectivity index (χ3v) is 3.86. The van der Waals surface area contributed by atoms with Crippen molar-refractivity contribution in [2.45, 2.75) is 58.4 Å². The molecule has 0 spiro atoms. The van der Waals surface area contributed by atoms with E-state index < -0.39 is 0 Å². The van der Waals surface area contributed by atoms with Crippen molar-refractivity contribution in [3.8, 4) is 0 Å². The Labute approximate surface area is 110 Å². The number of aryl methyl sites for hydroxylation is 1. The van der Waals surface area contributed by atoms with Gasteiger partial charge in [-0.05, 0) is 45.4 Å². The van der Waals surface area contributed by atoms with Crippen molar-refractivity contribution in [3.05, 3.63) is 11.9 Å². The van der Waals surface area contributed by atoms with Gasteiger partial charge in [0, 0.05) is 25.3 Å². The molecule has 0 radical (unpaired) electrons. The van der Waals surface area contributed by atoms with Crippen LogP contribution in [0.1, 0.15) is 52.1 Å². The first-order valence-electron chi connectivity index (χ1n) is 6.99. The maximum Gasteiger partial charge on any atom is 0.0833 e. The monoisotopic (exact) mass is 250 g/mol. The summed E-state index contributed by atoms with van der Waals surface area (Å²) in [5.41, 5.74) is 1.72. The van der Waals surface area contributed by atoms with Crippen LogP contribution in [-0.2, 0) is 13.5 Å². The fourth-order valence-corrected chi connectivity index (χ4v) is 2.85. The van der Waals surface area contributed by atoms with Crippen molar-refractivity contribution < 1.29 is 0 Å². The lowest BCUT2D eigenvalue weighted by Gasteiger charge is -2.33. The number of aromatic nitrogens is 3. The minimum Gasteiger partial charge on any atom is -0.312 e. The van der Waals surface area contributed by atoms with E-state index in [1.807, 2.05) is 7.05 Å². The van der Waals surface area contributed by atoms with Crippen LogP contribution in [0, 0.1) is 5.41 Å². The lowest BCUT2D eigenvalue weighted by molar-refractivity contribution is 0.243. The summed E-state index contributed by atoms with van der Waals surface area (Å²) in [5.74, 6) is 0. The van der Waals surface area contributed by atoms with Crippen LogP contribution in [-0.4, -0.2) is 27.1 Å². The highest BCUT2D eigenvalue weighted by Crippen LogP contribution is 2.40. The average Bonchev–Trinajstić information content (AvgIpc) is 2.86. The summed E-state index contributed by atoms with van der Waals surface area (Å²) in [7, 11) is 1.94. The highest BCUT2D eigenvalue weighted by molar-refractivity contribution is 5.02. The molecule has 4 heteroatoms. The van der Waals surface area contributed by atoms with Gasteiger partial charge in [-0.3, -0.25) is 4.68 Å². The number of nitrogens with zero attached hydrogens (tertiary/aromatic N) is 3. The predicted molar refractivity (Wildman–Crippen MR) is 73.4 cm³/mol. The molecule has 0 aromatic carbocycles. The van der Waals surface area contributed by atoms with Crippen LogP contribution in [0.25, 0.3) is 0 Å². The first-order chi connectivity index (χ1) is 8.39. The summed E-state index contributed by atoms with van der Waals surface area (Å²) in [6, 6.07) is 0. The molecule has 0 saturated heterocycles. The molecule has 4 nitrogen and oxygen atoms in total. The van der Waals surface area contributed by atoms with Crippen LogP contribution in [0.2, 0.25) is 0 Å². The quantitative estimate of drug-likeness (QED) is 0.891. The number of hydrogen-bond acceptors (Lipinski definition) is 3. The van der Waals surface area contributed by atoms with Gasteiger partial charge in [0.05, 0.1) is 5.69 Å².